The van der Waals surface area contributed by atoms with Crippen LogP contribution in [0.15, 0.2) is 18.2 Å². The third kappa shape index (κ3) is 4.37. The van der Waals surface area contributed by atoms with Gasteiger partial charge in [0.1, 0.15) is 11.5 Å². The Balaban J connectivity index is 1.97. The summed E-state index contributed by atoms with van der Waals surface area (Å²) in [7, 11) is 3.42. The summed E-state index contributed by atoms with van der Waals surface area (Å²) < 4.78 is 10.8. The van der Waals surface area contributed by atoms with Crippen molar-refractivity contribution in [2.24, 2.45) is 11.8 Å². The summed E-state index contributed by atoms with van der Waals surface area (Å²) in [6, 6.07) is 6.26. The Morgan fingerprint density at radius 1 is 1.24 bits per heavy atom. The molecule has 0 radical (unpaired) electrons. The van der Waals surface area contributed by atoms with Gasteiger partial charge in [-0.1, -0.05) is 19.8 Å². The van der Waals surface area contributed by atoms with Crippen LogP contribution in [0.5, 0.6) is 11.5 Å². The molecule has 3 nitrogen and oxygen atoms in total. The standard InChI is InChI=1S/C18H29NO2/c1-13-6-5-7-15(10-13)12-19-14(2)17-11-16(20-3)8-9-18(17)21-4/h8-9,11,13-15,19H,5-7,10,12H2,1-4H3. The van der Waals surface area contributed by atoms with Crippen LogP contribution in [-0.4, -0.2) is 20.8 Å². The Morgan fingerprint density at radius 2 is 2.05 bits per heavy atom. The molecule has 118 valence electrons. The third-order valence-corrected chi connectivity index (χ3v) is 4.66. The molecule has 0 heterocycles. The number of nitrogens with one attached hydrogen (secondary N) is 1. The van der Waals surface area contributed by atoms with Gasteiger partial charge in [0.2, 0.25) is 0 Å². The first-order valence-electron chi connectivity index (χ1n) is 8.09. The van der Waals surface area contributed by atoms with E-state index in [2.05, 4.69) is 25.2 Å². The van der Waals surface area contributed by atoms with Gasteiger partial charge in [0.15, 0.2) is 0 Å². The number of benzene rings is 1. The van der Waals surface area contributed by atoms with Crippen molar-refractivity contribution in [1.82, 2.24) is 5.32 Å². The summed E-state index contributed by atoms with van der Waals surface area (Å²) >= 11 is 0. The second kappa shape index (κ2) is 7.69. The minimum atomic E-state index is 0.271. The van der Waals surface area contributed by atoms with Gasteiger partial charge in [-0.15, -0.1) is 0 Å². The molecule has 1 saturated carbocycles. The fourth-order valence-electron chi connectivity index (χ4n) is 3.38. The third-order valence-electron chi connectivity index (χ3n) is 4.66. The second-order valence-corrected chi connectivity index (χ2v) is 6.38. The fourth-order valence-corrected chi connectivity index (χ4v) is 3.38. The van der Waals surface area contributed by atoms with E-state index in [0.717, 1.165) is 29.9 Å². The molecule has 1 fully saturated rings. The summed E-state index contributed by atoms with van der Waals surface area (Å²) in [6.45, 7) is 5.66. The van der Waals surface area contributed by atoms with Gasteiger partial charge in [-0.05, 0) is 56.3 Å². The zero-order valence-corrected chi connectivity index (χ0v) is 13.8. The van der Waals surface area contributed by atoms with Crippen molar-refractivity contribution in [2.75, 3.05) is 20.8 Å². The topological polar surface area (TPSA) is 30.5 Å². The van der Waals surface area contributed by atoms with Gasteiger partial charge in [0.05, 0.1) is 14.2 Å². The van der Waals surface area contributed by atoms with Crippen LogP contribution in [0.2, 0.25) is 0 Å². The monoisotopic (exact) mass is 291 g/mol. The smallest absolute Gasteiger partial charge is 0.123 e. The lowest BCUT2D eigenvalue weighted by molar-refractivity contribution is 0.268. The Kier molecular flexibility index (Phi) is 5.92. The van der Waals surface area contributed by atoms with Crippen LogP contribution >= 0.6 is 0 Å². The van der Waals surface area contributed by atoms with Crippen LogP contribution in [0.1, 0.15) is 51.1 Å². The number of ether oxygens (including phenoxy) is 2. The minimum absolute atomic E-state index is 0.271. The van der Waals surface area contributed by atoms with Crippen LogP contribution in [0.4, 0.5) is 0 Å². The molecular weight excluding hydrogens is 262 g/mol. The molecule has 0 amide bonds. The van der Waals surface area contributed by atoms with Gasteiger partial charge < -0.3 is 14.8 Å². The van der Waals surface area contributed by atoms with Crippen molar-refractivity contribution in [1.29, 1.82) is 0 Å². The summed E-state index contributed by atoms with van der Waals surface area (Å²) in [5.41, 5.74) is 1.17. The van der Waals surface area contributed by atoms with Crippen LogP contribution < -0.4 is 14.8 Å². The van der Waals surface area contributed by atoms with Crippen LogP contribution in [-0.2, 0) is 0 Å². The molecule has 1 aliphatic rings. The van der Waals surface area contributed by atoms with E-state index in [1.165, 1.54) is 31.2 Å². The molecule has 1 aliphatic carbocycles. The molecule has 2 rings (SSSR count). The molecule has 3 atom stereocenters. The largest absolute Gasteiger partial charge is 0.497 e. The van der Waals surface area contributed by atoms with E-state index in [1.54, 1.807) is 14.2 Å². The van der Waals surface area contributed by atoms with Gasteiger partial charge in [0.25, 0.3) is 0 Å². The van der Waals surface area contributed by atoms with Crippen molar-refractivity contribution < 1.29 is 9.47 Å². The number of hydrogen-bond donors (Lipinski definition) is 1. The van der Waals surface area contributed by atoms with E-state index in [9.17, 15) is 0 Å². The summed E-state index contributed by atoms with van der Waals surface area (Å²) in [6.07, 6.45) is 5.49. The molecular formula is C18H29NO2. The summed E-state index contributed by atoms with van der Waals surface area (Å²) in [4.78, 5) is 0. The van der Waals surface area contributed by atoms with E-state index in [-0.39, 0.29) is 6.04 Å². The number of methoxy groups -OCH3 is 2. The Bertz CT molecular complexity index is 447. The highest BCUT2D eigenvalue weighted by molar-refractivity contribution is 5.42. The zero-order valence-electron chi connectivity index (χ0n) is 13.8. The first kappa shape index (κ1) is 16.2. The van der Waals surface area contributed by atoms with E-state index in [4.69, 9.17) is 9.47 Å². The zero-order chi connectivity index (χ0) is 15.2. The van der Waals surface area contributed by atoms with Crippen LogP contribution in [0.25, 0.3) is 0 Å². The highest BCUT2D eigenvalue weighted by atomic mass is 16.5. The highest BCUT2D eigenvalue weighted by Gasteiger charge is 2.20. The Hall–Kier alpha value is -1.22. The van der Waals surface area contributed by atoms with Crippen molar-refractivity contribution in [3.8, 4) is 11.5 Å². The van der Waals surface area contributed by atoms with Gasteiger partial charge in [0, 0.05) is 11.6 Å². The van der Waals surface area contributed by atoms with E-state index >= 15 is 0 Å². The van der Waals surface area contributed by atoms with Gasteiger partial charge in [-0.2, -0.15) is 0 Å². The maximum absolute atomic E-state index is 5.48. The lowest BCUT2D eigenvalue weighted by atomic mass is 9.82. The number of rotatable bonds is 6. The molecule has 0 aromatic heterocycles. The molecule has 1 aromatic rings. The predicted octanol–water partition coefficient (Wildman–Crippen LogP) is 4.18. The first-order valence-corrected chi connectivity index (χ1v) is 8.09. The summed E-state index contributed by atoms with van der Waals surface area (Å²) in [5.74, 6) is 3.50. The molecule has 21 heavy (non-hydrogen) atoms. The average molecular weight is 291 g/mol. The van der Waals surface area contributed by atoms with Gasteiger partial charge in [-0.25, -0.2) is 0 Å². The van der Waals surface area contributed by atoms with Crippen molar-refractivity contribution in [2.45, 2.75) is 45.6 Å². The first-order chi connectivity index (χ1) is 10.1. The average Bonchev–Trinajstić information content (AvgIpc) is 2.52. The van der Waals surface area contributed by atoms with Crippen LogP contribution in [0, 0.1) is 11.8 Å². The second-order valence-electron chi connectivity index (χ2n) is 6.38. The van der Waals surface area contributed by atoms with Gasteiger partial charge >= 0.3 is 0 Å². The molecule has 3 heteroatoms. The van der Waals surface area contributed by atoms with Crippen molar-refractivity contribution >= 4 is 0 Å². The molecule has 1 aromatic carbocycles. The quantitative estimate of drug-likeness (QED) is 0.853. The molecule has 0 saturated heterocycles. The summed E-state index contributed by atoms with van der Waals surface area (Å²) in [5, 5.41) is 3.68. The Labute approximate surface area is 129 Å². The minimum Gasteiger partial charge on any atom is -0.497 e. The van der Waals surface area contributed by atoms with E-state index in [0.29, 0.717) is 0 Å². The van der Waals surface area contributed by atoms with E-state index < -0.39 is 0 Å². The molecule has 3 unspecified atom stereocenters. The predicted molar refractivity (Wildman–Crippen MR) is 87.1 cm³/mol. The van der Waals surface area contributed by atoms with Crippen molar-refractivity contribution in [3.05, 3.63) is 23.8 Å². The lowest BCUT2D eigenvalue weighted by Gasteiger charge is -2.28. The molecule has 0 bridgehead atoms. The Morgan fingerprint density at radius 3 is 2.71 bits per heavy atom. The molecule has 0 aliphatic heterocycles. The normalized spacial score (nSPS) is 23.6. The lowest BCUT2D eigenvalue weighted by Crippen LogP contribution is -2.29. The maximum Gasteiger partial charge on any atom is 0.123 e. The highest BCUT2D eigenvalue weighted by Crippen LogP contribution is 2.31. The molecule has 1 N–H and O–H groups in total. The van der Waals surface area contributed by atoms with E-state index in [1.807, 2.05) is 12.1 Å². The van der Waals surface area contributed by atoms with Crippen molar-refractivity contribution in [3.63, 3.8) is 0 Å². The number of hydrogen-bond acceptors (Lipinski definition) is 3. The van der Waals surface area contributed by atoms with Gasteiger partial charge in [-0.3, -0.25) is 0 Å². The molecule has 0 spiro atoms. The fraction of sp³-hybridized carbons (Fsp3) is 0.667. The maximum atomic E-state index is 5.48. The van der Waals surface area contributed by atoms with Crippen LogP contribution in [0.3, 0.4) is 0 Å². The SMILES string of the molecule is COc1ccc(OC)c(C(C)NCC2CCCC(C)C2)c1.